The molecule has 0 bridgehead atoms. The Bertz CT molecular complexity index is 777. The molecule has 2 unspecified atom stereocenters. The van der Waals surface area contributed by atoms with Gasteiger partial charge in [-0.05, 0) is 37.3 Å². The average Bonchev–Trinajstić information content (AvgIpc) is 2.55. The number of nitrogens with zero attached hydrogens (tertiary/aromatic N) is 1. The lowest BCUT2D eigenvalue weighted by Crippen LogP contribution is -2.34. The van der Waals surface area contributed by atoms with Gasteiger partial charge in [0.1, 0.15) is 17.7 Å². The van der Waals surface area contributed by atoms with Crippen LogP contribution in [0.15, 0.2) is 47.4 Å². The van der Waals surface area contributed by atoms with E-state index in [1.54, 1.807) is 31.2 Å². The van der Waals surface area contributed by atoms with Gasteiger partial charge >= 0.3 is 0 Å². The smallest absolute Gasteiger partial charge is 0.234 e. The van der Waals surface area contributed by atoms with E-state index in [0.717, 1.165) is 17.0 Å². The second-order valence-corrected chi connectivity index (χ2v) is 6.80. The SMILES string of the molecule is CC(Sc1ccc(Cl)cc1)C(=O)NC(C#N)c1ccc(F)cc1F. The van der Waals surface area contributed by atoms with Gasteiger partial charge in [-0.1, -0.05) is 17.7 Å². The summed E-state index contributed by atoms with van der Waals surface area (Å²) in [6.07, 6.45) is 0. The molecule has 2 aromatic rings. The van der Waals surface area contributed by atoms with Crippen LogP contribution in [-0.4, -0.2) is 11.2 Å². The van der Waals surface area contributed by atoms with E-state index in [1.165, 1.54) is 11.8 Å². The number of carbonyl (C=O) groups is 1. The van der Waals surface area contributed by atoms with Crippen molar-refractivity contribution in [3.05, 3.63) is 64.7 Å². The molecule has 0 aromatic heterocycles. The van der Waals surface area contributed by atoms with E-state index in [-0.39, 0.29) is 5.56 Å². The molecule has 0 aliphatic rings. The van der Waals surface area contributed by atoms with Crippen LogP contribution in [-0.2, 0) is 4.79 Å². The van der Waals surface area contributed by atoms with Crippen LogP contribution in [0.1, 0.15) is 18.5 Å². The van der Waals surface area contributed by atoms with Gasteiger partial charge < -0.3 is 5.32 Å². The lowest BCUT2D eigenvalue weighted by molar-refractivity contribution is -0.120. The van der Waals surface area contributed by atoms with Crippen molar-refractivity contribution in [3.63, 3.8) is 0 Å². The first kappa shape index (κ1) is 18.2. The van der Waals surface area contributed by atoms with Crippen molar-refractivity contribution in [1.82, 2.24) is 5.32 Å². The van der Waals surface area contributed by atoms with E-state index >= 15 is 0 Å². The molecule has 2 rings (SSSR count). The molecular formula is C17H13ClF2N2OS. The predicted octanol–water partition coefficient (Wildman–Crippen LogP) is 4.48. The van der Waals surface area contributed by atoms with Gasteiger partial charge in [0.2, 0.25) is 5.91 Å². The highest BCUT2D eigenvalue weighted by Gasteiger charge is 2.22. The molecule has 0 fully saturated rings. The minimum Gasteiger partial charge on any atom is -0.336 e. The summed E-state index contributed by atoms with van der Waals surface area (Å²) in [6, 6.07) is 10.5. The molecule has 0 aliphatic carbocycles. The van der Waals surface area contributed by atoms with E-state index in [4.69, 9.17) is 11.6 Å². The van der Waals surface area contributed by atoms with Gasteiger partial charge in [-0.15, -0.1) is 11.8 Å². The molecule has 3 nitrogen and oxygen atoms in total. The quantitative estimate of drug-likeness (QED) is 0.794. The van der Waals surface area contributed by atoms with Crippen LogP contribution in [0.5, 0.6) is 0 Å². The third kappa shape index (κ3) is 4.70. The molecule has 124 valence electrons. The first-order valence-electron chi connectivity index (χ1n) is 6.98. The maximum atomic E-state index is 13.8. The molecule has 0 saturated heterocycles. The third-order valence-electron chi connectivity index (χ3n) is 3.18. The molecular weight excluding hydrogens is 354 g/mol. The fraction of sp³-hybridized carbons (Fsp3) is 0.176. The zero-order valence-corrected chi connectivity index (χ0v) is 14.2. The molecule has 1 N–H and O–H groups in total. The number of nitriles is 1. The lowest BCUT2D eigenvalue weighted by atomic mass is 10.1. The highest BCUT2D eigenvalue weighted by molar-refractivity contribution is 8.00. The van der Waals surface area contributed by atoms with Crippen molar-refractivity contribution in [2.45, 2.75) is 23.1 Å². The Morgan fingerprint density at radius 2 is 1.92 bits per heavy atom. The van der Waals surface area contributed by atoms with Crippen LogP contribution in [0.2, 0.25) is 5.02 Å². The zero-order valence-electron chi connectivity index (χ0n) is 12.6. The van der Waals surface area contributed by atoms with E-state index in [1.807, 2.05) is 6.07 Å². The van der Waals surface area contributed by atoms with Gasteiger partial charge in [-0.3, -0.25) is 4.79 Å². The summed E-state index contributed by atoms with van der Waals surface area (Å²) in [4.78, 5) is 13.1. The summed E-state index contributed by atoms with van der Waals surface area (Å²) in [5.74, 6) is -2.05. The fourth-order valence-corrected chi connectivity index (χ4v) is 2.95. The van der Waals surface area contributed by atoms with Crippen molar-refractivity contribution in [2.24, 2.45) is 0 Å². The number of hydrogen-bond acceptors (Lipinski definition) is 3. The number of halogens is 3. The Kier molecular flexibility index (Phi) is 6.18. The highest BCUT2D eigenvalue weighted by atomic mass is 35.5. The molecule has 0 heterocycles. The number of amides is 1. The van der Waals surface area contributed by atoms with Gasteiger partial charge in [0, 0.05) is 21.5 Å². The minimum atomic E-state index is -1.19. The monoisotopic (exact) mass is 366 g/mol. The Labute approximate surface area is 147 Å². The maximum Gasteiger partial charge on any atom is 0.234 e. The van der Waals surface area contributed by atoms with Crippen LogP contribution in [0.4, 0.5) is 8.78 Å². The number of nitrogens with one attached hydrogen (secondary N) is 1. The molecule has 0 radical (unpaired) electrons. The molecule has 2 aromatic carbocycles. The van der Waals surface area contributed by atoms with Crippen molar-refractivity contribution in [3.8, 4) is 6.07 Å². The van der Waals surface area contributed by atoms with E-state index in [2.05, 4.69) is 5.32 Å². The molecule has 0 spiro atoms. The van der Waals surface area contributed by atoms with Crippen LogP contribution in [0.3, 0.4) is 0 Å². The molecule has 1 amide bonds. The first-order chi connectivity index (χ1) is 11.4. The average molecular weight is 367 g/mol. The summed E-state index contributed by atoms with van der Waals surface area (Å²) < 4.78 is 26.7. The van der Waals surface area contributed by atoms with Crippen molar-refractivity contribution >= 4 is 29.3 Å². The van der Waals surface area contributed by atoms with Gasteiger partial charge in [0.15, 0.2) is 0 Å². The van der Waals surface area contributed by atoms with Gasteiger partial charge in [0.05, 0.1) is 11.3 Å². The normalized spacial score (nSPS) is 13.0. The number of hydrogen-bond donors (Lipinski definition) is 1. The van der Waals surface area contributed by atoms with Gasteiger partial charge in [0.25, 0.3) is 0 Å². The topological polar surface area (TPSA) is 52.9 Å². The fourth-order valence-electron chi connectivity index (χ4n) is 1.95. The summed E-state index contributed by atoms with van der Waals surface area (Å²) in [5.41, 5.74) is -0.0732. The van der Waals surface area contributed by atoms with Crippen molar-refractivity contribution in [2.75, 3.05) is 0 Å². The third-order valence-corrected chi connectivity index (χ3v) is 4.55. The van der Waals surface area contributed by atoms with E-state index < -0.39 is 28.8 Å². The molecule has 2 atom stereocenters. The van der Waals surface area contributed by atoms with Crippen LogP contribution in [0, 0.1) is 23.0 Å². The number of carbonyl (C=O) groups excluding carboxylic acids is 1. The van der Waals surface area contributed by atoms with Gasteiger partial charge in [-0.2, -0.15) is 5.26 Å². The molecule has 7 heteroatoms. The van der Waals surface area contributed by atoms with E-state index in [9.17, 15) is 18.8 Å². The molecule has 0 saturated carbocycles. The number of thioether (sulfide) groups is 1. The minimum absolute atomic E-state index is 0.0732. The van der Waals surface area contributed by atoms with Crippen LogP contribution < -0.4 is 5.32 Å². The standard InChI is InChI=1S/C17H13ClF2N2OS/c1-10(24-13-5-2-11(18)3-6-13)17(23)22-16(9-21)14-7-4-12(19)8-15(14)20/h2-8,10,16H,1H3,(H,22,23). The second-order valence-electron chi connectivity index (χ2n) is 4.95. The molecule has 0 aliphatic heterocycles. The second kappa shape index (κ2) is 8.13. The van der Waals surface area contributed by atoms with Crippen molar-refractivity contribution < 1.29 is 13.6 Å². The largest absolute Gasteiger partial charge is 0.336 e. The van der Waals surface area contributed by atoms with E-state index in [0.29, 0.717) is 11.1 Å². The predicted molar refractivity (Wildman–Crippen MR) is 89.6 cm³/mol. The molecule has 24 heavy (non-hydrogen) atoms. The summed E-state index contributed by atoms with van der Waals surface area (Å²) in [5, 5.41) is 11.7. The highest BCUT2D eigenvalue weighted by Crippen LogP contribution is 2.26. The summed E-state index contributed by atoms with van der Waals surface area (Å²) in [7, 11) is 0. The summed E-state index contributed by atoms with van der Waals surface area (Å²) in [6.45, 7) is 1.67. The first-order valence-corrected chi connectivity index (χ1v) is 8.23. The number of rotatable bonds is 5. The van der Waals surface area contributed by atoms with Gasteiger partial charge in [-0.25, -0.2) is 8.78 Å². The Hall–Kier alpha value is -2.10. The van der Waals surface area contributed by atoms with Crippen LogP contribution in [0.25, 0.3) is 0 Å². The summed E-state index contributed by atoms with van der Waals surface area (Å²) >= 11 is 7.09. The van der Waals surface area contributed by atoms with Crippen molar-refractivity contribution in [1.29, 1.82) is 5.26 Å². The zero-order chi connectivity index (χ0) is 17.7. The Morgan fingerprint density at radius 1 is 1.25 bits per heavy atom. The Balaban J connectivity index is 2.05. The lowest BCUT2D eigenvalue weighted by Gasteiger charge is -2.16. The number of benzene rings is 2. The Morgan fingerprint density at radius 3 is 2.50 bits per heavy atom. The van der Waals surface area contributed by atoms with Crippen LogP contribution >= 0.6 is 23.4 Å². The maximum absolute atomic E-state index is 13.8.